The molecule has 1 fully saturated rings. The maximum Gasteiger partial charge on any atom is 0.274 e. The molecule has 1 saturated heterocycles. The maximum absolute atomic E-state index is 12.7. The number of hydrogen-bond donors (Lipinski definition) is 5. The summed E-state index contributed by atoms with van der Waals surface area (Å²) in [4.78, 5) is 55.6. The molecule has 1 aliphatic rings. The van der Waals surface area contributed by atoms with E-state index in [4.69, 9.17) is 15.9 Å². The standard InChI is InChI=1S/C35H38N8O5S/c1-2-26-27(19-36)33(41-35(28(26)20-37)49-31(32(38)46)23-7-4-3-5-8-23)43-17-15-25(16-18-43)40-30(45)10-6-9-29(44)39-21-22-11-13-24(14-12-22)34(47)42-48/h3-5,7-8,11-14,25,31,48H,2,6,9-10,15-18,21H2,1H3,(H2,38,46)(H,39,44)(H,40,45)(H,42,47). The number of nitrogens with two attached hydrogens (primary N) is 1. The number of aromatic nitrogens is 1. The Bertz CT molecular complexity index is 1750. The zero-order valence-corrected chi connectivity index (χ0v) is 27.9. The Morgan fingerprint density at radius 2 is 1.65 bits per heavy atom. The number of amides is 4. The van der Waals surface area contributed by atoms with Crippen molar-refractivity contribution in [2.45, 2.75) is 68.3 Å². The fraction of sp³-hybridized carbons (Fsp3) is 0.343. The van der Waals surface area contributed by atoms with Gasteiger partial charge in [0.15, 0.2) is 0 Å². The highest BCUT2D eigenvalue weighted by molar-refractivity contribution is 8.00. The maximum atomic E-state index is 12.7. The van der Waals surface area contributed by atoms with Gasteiger partial charge in [-0.3, -0.25) is 24.4 Å². The van der Waals surface area contributed by atoms with Crippen LogP contribution in [-0.4, -0.2) is 53.0 Å². The number of carbonyl (C=O) groups is 4. The first-order valence-electron chi connectivity index (χ1n) is 15.9. The molecule has 3 aromatic rings. The predicted octanol–water partition coefficient (Wildman–Crippen LogP) is 3.40. The second-order valence-corrected chi connectivity index (χ2v) is 12.5. The number of pyridine rings is 1. The summed E-state index contributed by atoms with van der Waals surface area (Å²) in [5, 5.41) is 34.3. The van der Waals surface area contributed by atoms with Crippen LogP contribution in [0.5, 0.6) is 0 Å². The average molecular weight is 683 g/mol. The van der Waals surface area contributed by atoms with E-state index >= 15 is 0 Å². The molecule has 1 atom stereocenters. The highest BCUT2D eigenvalue weighted by Gasteiger charge is 2.29. The van der Waals surface area contributed by atoms with Crippen LogP contribution in [0.4, 0.5) is 5.82 Å². The summed E-state index contributed by atoms with van der Waals surface area (Å²) in [6.07, 6.45) is 2.38. The topological polar surface area (TPSA) is 214 Å². The van der Waals surface area contributed by atoms with Crippen LogP contribution in [0.25, 0.3) is 0 Å². The molecule has 1 unspecified atom stereocenters. The molecule has 0 saturated carbocycles. The SMILES string of the molecule is CCc1c(C#N)c(SC(C(N)=O)c2ccccc2)nc(N2CCC(NC(=O)CCCC(=O)NCc3ccc(C(=O)NO)cc3)CC2)c1C#N. The lowest BCUT2D eigenvalue weighted by Crippen LogP contribution is -2.45. The van der Waals surface area contributed by atoms with Crippen LogP contribution < -0.4 is 26.7 Å². The van der Waals surface area contributed by atoms with Crippen molar-refractivity contribution < 1.29 is 24.4 Å². The first kappa shape index (κ1) is 36.4. The van der Waals surface area contributed by atoms with Gasteiger partial charge in [-0.05, 0) is 54.5 Å². The van der Waals surface area contributed by atoms with Crippen molar-refractivity contribution >= 4 is 41.2 Å². The summed E-state index contributed by atoms with van der Waals surface area (Å²) < 4.78 is 0. The summed E-state index contributed by atoms with van der Waals surface area (Å²) in [5.41, 5.74) is 10.2. The van der Waals surface area contributed by atoms with Crippen molar-refractivity contribution in [2.75, 3.05) is 18.0 Å². The zero-order valence-electron chi connectivity index (χ0n) is 27.1. The first-order valence-corrected chi connectivity index (χ1v) is 16.8. The molecule has 4 rings (SSSR count). The van der Waals surface area contributed by atoms with E-state index in [1.54, 1.807) is 41.9 Å². The Kier molecular flexibility index (Phi) is 13.1. The number of nitrogens with zero attached hydrogens (tertiary/aromatic N) is 4. The van der Waals surface area contributed by atoms with E-state index in [2.05, 4.69) is 22.8 Å². The molecular formula is C35H38N8O5S. The van der Waals surface area contributed by atoms with Crippen molar-refractivity contribution in [3.8, 4) is 12.1 Å². The fourth-order valence-electron chi connectivity index (χ4n) is 5.60. The van der Waals surface area contributed by atoms with Gasteiger partial charge in [0, 0.05) is 44.1 Å². The fourth-order valence-corrected chi connectivity index (χ4v) is 6.66. The van der Waals surface area contributed by atoms with Crippen LogP contribution in [0.3, 0.4) is 0 Å². The second-order valence-electron chi connectivity index (χ2n) is 11.5. The van der Waals surface area contributed by atoms with Gasteiger partial charge in [-0.25, -0.2) is 10.5 Å². The van der Waals surface area contributed by atoms with Crippen LogP contribution in [0.1, 0.15) is 82.5 Å². The van der Waals surface area contributed by atoms with E-state index in [0.29, 0.717) is 71.9 Å². The predicted molar refractivity (Wildman–Crippen MR) is 182 cm³/mol. The number of rotatable bonds is 14. The quantitative estimate of drug-likeness (QED) is 0.0949. The number of anilines is 1. The van der Waals surface area contributed by atoms with Crippen LogP contribution in [-0.2, 0) is 27.3 Å². The van der Waals surface area contributed by atoms with Gasteiger partial charge in [-0.2, -0.15) is 10.5 Å². The number of carbonyl (C=O) groups excluding carboxylic acids is 4. The summed E-state index contributed by atoms with van der Waals surface area (Å²) in [5.74, 6) is -1.09. The lowest BCUT2D eigenvalue weighted by molar-refractivity contribution is -0.123. The Morgan fingerprint density at radius 1 is 1.00 bits per heavy atom. The minimum Gasteiger partial charge on any atom is -0.368 e. The van der Waals surface area contributed by atoms with Crippen molar-refractivity contribution in [2.24, 2.45) is 5.73 Å². The Hall–Kier alpha value is -5.44. The number of hydroxylamine groups is 1. The number of thioether (sulfide) groups is 1. The number of piperidine rings is 1. The molecule has 49 heavy (non-hydrogen) atoms. The Labute approximate surface area is 288 Å². The molecule has 13 nitrogen and oxygen atoms in total. The molecule has 1 aromatic heterocycles. The molecule has 0 spiro atoms. The smallest absolute Gasteiger partial charge is 0.274 e. The third kappa shape index (κ3) is 9.56. The molecule has 14 heteroatoms. The van der Waals surface area contributed by atoms with E-state index in [1.165, 1.54) is 12.1 Å². The number of nitrogens with one attached hydrogen (secondary N) is 3. The molecule has 254 valence electrons. The van der Waals surface area contributed by atoms with E-state index in [0.717, 1.165) is 17.3 Å². The third-order valence-corrected chi connectivity index (χ3v) is 9.45. The molecule has 4 amide bonds. The van der Waals surface area contributed by atoms with Crippen LogP contribution in [0.2, 0.25) is 0 Å². The molecular weight excluding hydrogens is 645 g/mol. The van der Waals surface area contributed by atoms with Crippen LogP contribution in [0, 0.1) is 22.7 Å². The van der Waals surface area contributed by atoms with Gasteiger partial charge in [-0.1, -0.05) is 61.2 Å². The molecule has 0 aliphatic carbocycles. The van der Waals surface area contributed by atoms with Crippen LogP contribution in [0.15, 0.2) is 59.6 Å². The number of hydrogen-bond acceptors (Lipinski definition) is 10. The summed E-state index contributed by atoms with van der Waals surface area (Å²) in [7, 11) is 0. The average Bonchev–Trinajstić information content (AvgIpc) is 3.12. The highest BCUT2D eigenvalue weighted by atomic mass is 32.2. The molecule has 6 N–H and O–H groups in total. The summed E-state index contributed by atoms with van der Waals surface area (Å²) in [6.45, 7) is 3.16. The largest absolute Gasteiger partial charge is 0.368 e. The summed E-state index contributed by atoms with van der Waals surface area (Å²) >= 11 is 1.10. The molecule has 2 aromatic carbocycles. The van der Waals surface area contributed by atoms with Crippen molar-refractivity contribution in [3.63, 3.8) is 0 Å². The van der Waals surface area contributed by atoms with Crippen molar-refractivity contribution in [1.29, 1.82) is 10.5 Å². The molecule has 0 radical (unpaired) electrons. The van der Waals surface area contributed by atoms with Gasteiger partial charge in [0.2, 0.25) is 17.7 Å². The van der Waals surface area contributed by atoms with E-state index in [9.17, 15) is 29.7 Å². The van der Waals surface area contributed by atoms with Crippen molar-refractivity contribution in [3.05, 3.63) is 88.0 Å². The second kappa shape index (κ2) is 17.6. The Morgan fingerprint density at radius 3 is 2.24 bits per heavy atom. The molecule has 1 aliphatic heterocycles. The third-order valence-electron chi connectivity index (χ3n) is 8.19. The minimum absolute atomic E-state index is 0.0887. The van der Waals surface area contributed by atoms with Crippen molar-refractivity contribution in [1.82, 2.24) is 21.1 Å². The van der Waals surface area contributed by atoms with E-state index in [1.807, 2.05) is 17.9 Å². The normalized spacial score (nSPS) is 13.4. The molecule has 0 bridgehead atoms. The first-order chi connectivity index (χ1) is 23.7. The number of benzene rings is 2. The van der Waals surface area contributed by atoms with E-state index in [-0.39, 0.29) is 42.8 Å². The van der Waals surface area contributed by atoms with Gasteiger partial charge in [0.1, 0.15) is 28.2 Å². The van der Waals surface area contributed by atoms with Gasteiger partial charge in [-0.15, -0.1) is 0 Å². The zero-order chi connectivity index (χ0) is 35.3. The van der Waals surface area contributed by atoms with Gasteiger partial charge in [0.25, 0.3) is 5.91 Å². The molecule has 2 heterocycles. The van der Waals surface area contributed by atoms with Crippen LogP contribution >= 0.6 is 11.8 Å². The van der Waals surface area contributed by atoms with Gasteiger partial charge in [0.05, 0.1) is 11.1 Å². The lowest BCUT2D eigenvalue weighted by Gasteiger charge is -2.34. The van der Waals surface area contributed by atoms with Gasteiger partial charge < -0.3 is 21.3 Å². The minimum atomic E-state index is -0.778. The monoisotopic (exact) mass is 682 g/mol. The highest BCUT2D eigenvalue weighted by Crippen LogP contribution is 2.40. The van der Waals surface area contributed by atoms with Gasteiger partial charge >= 0.3 is 0 Å². The summed E-state index contributed by atoms with van der Waals surface area (Å²) in [6, 6.07) is 19.8. The van der Waals surface area contributed by atoms with E-state index < -0.39 is 17.1 Å². The Balaban J connectivity index is 1.31. The lowest BCUT2D eigenvalue weighted by atomic mass is 9.99. The number of primary amides is 1. The number of nitriles is 2.